The average Bonchev–Trinajstić information content (AvgIpc) is 2.98. The van der Waals surface area contributed by atoms with Gasteiger partial charge in [0, 0.05) is 10.4 Å². The van der Waals surface area contributed by atoms with E-state index in [1.807, 2.05) is 37.3 Å². The third kappa shape index (κ3) is 4.03. The first-order valence-electron chi connectivity index (χ1n) is 7.99. The molecule has 0 aliphatic carbocycles. The maximum absolute atomic E-state index is 12.8. The highest BCUT2D eigenvalue weighted by Gasteiger charge is 2.27. The zero-order valence-electron chi connectivity index (χ0n) is 14.8. The number of halogens is 2. The summed E-state index contributed by atoms with van der Waals surface area (Å²) in [5, 5.41) is 0.536. The summed E-state index contributed by atoms with van der Waals surface area (Å²) in [6, 6.07) is 13.2. The van der Waals surface area contributed by atoms with Gasteiger partial charge in [-0.3, -0.25) is 4.72 Å². The second-order valence-electron chi connectivity index (χ2n) is 5.78. The van der Waals surface area contributed by atoms with Crippen LogP contribution in [0.4, 0.5) is 5.00 Å². The summed E-state index contributed by atoms with van der Waals surface area (Å²) in [5.41, 5.74) is 1.58. The lowest BCUT2D eigenvalue weighted by atomic mass is 10.0. The Bertz CT molecular complexity index is 1140. The fraction of sp³-hybridized carbons (Fsp3) is 0.105. The third-order valence-electron chi connectivity index (χ3n) is 3.96. The number of hydrogen-bond donors (Lipinski definition) is 1. The maximum atomic E-state index is 12.8. The fourth-order valence-electron chi connectivity index (χ4n) is 2.69. The molecule has 2 aromatic carbocycles. The van der Waals surface area contributed by atoms with E-state index in [0.717, 1.165) is 21.8 Å². The number of benzene rings is 2. The van der Waals surface area contributed by atoms with Crippen molar-refractivity contribution in [2.45, 2.75) is 11.8 Å². The van der Waals surface area contributed by atoms with Crippen LogP contribution in [-0.4, -0.2) is 21.5 Å². The molecule has 0 atom stereocenters. The van der Waals surface area contributed by atoms with Crippen molar-refractivity contribution in [3.05, 3.63) is 69.0 Å². The van der Waals surface area contributed by atoms with Gasteiger partial charge in [0.2, 0.25) is 0 Å². The molecule has 0 aliphatic heterocycles. The van der Waals surface area contributed by atoms with Gasteiger partial charge in [-0.2, -0.15) is 0 Å². The first kappa shape index (κ1) is 20.7. The van der Waals surface area contributed by atoms with Gasteiger partial charge < -0.3 is 4.74 Å². The lowest BCUT2D eigenvalue weighted by Gasteiger charge is -2.10. The number of carbonyl (C=O) groups is 1. The molecule has 0 saturated heterocycles. The van der Waals surface area contributed by atoms with E-state index in [1.54, 1.807) is 0 Å². The number of aryl methyl sites for hydroxylation is 1. The van der Waals surface area contributed by atoms with Gasteiger partial charge in [-0.05, 0) is 30.7 Å². The van der Waals surface area contributed by atoms with Crippen LogP contribution in [0.3, 0.4) is 0 Å². The molecule has 9 heteroatoms. The standard InChI is InChI=1S/C19H15Cl2NO4S2/c1-11-16(12-6-4-3-5-7-12)17(19(23)26-2)18(27-11)22-28(24,25)13-8-9-14(20)15(21)10-13/h3-10,22H,1-2H3. The Kier molecular flexibility index (Phi) is 6.00. The summed E-state index contributed by atoms with van der Waals surface area (Å²) in [4.78, 5) is 13.2. The number of methoxy groups -OCH3 is 1. The van der Waals surface area contributed by atoms with Crippen LogP contribution in [0.1, 0.15) is 15.2 Å². The molecule has 1 N–H and O–H groups in total. The van der Waals surface area contributed by atoms with Crippen LogP contribution in [0, 0.1) is 6.92 Å². The molecule has 0 unspecified atom stereocenters. The molecule has 0 saturated carbocycles. The number of esters is 1. The van der Waals surface area contributed by atoms with Crippen LogP contribution in [-0.2, 0) is 14.8 Å². The van der Waals surface area contributed by atoms with Crippen LogP contribution in [0.25, 0.3) is 11.1 Å². The van der Waals surface area contributed by atoms with Crippen molar-refractivity contribution in [1.29, 1.82) is 0 Å². The third-order valence-corrected chi connectivity index (χ3v) is 7.20. The summed E-state index contributed by atoms with van der Waals surface area (Å²) in [6.45, 7) is 1.82. The normalized spacial score (nSPS) is 11.3. The molecule has 3 rings (SSSR count). The number of sulfonamides is 1. The Hall–Kier alpha value is -2.06. The molecule has 146 valence electrons. The molecule has 3 aromatic rings. The van der Waals surface area contributed by atoms with Gasteiger partial charge in [-0.25, -0.2) is 13.2 Å². The van der Waals surface area contributed by atoms with E-state index in [-0.39, 0.29) is 25.5 Å². The Morgan fingerprint density at radius 3 is 2.36 bits per heavy atom. The number of nitrogens with one attached hydrogen (secondary N) is 1. The van der Waals surface area contributed by atoms with Crippen molar-refractivity contribution in [2.24, 2.45) is 0 Å². The van der Waals surface area contributed by atoms with E-state index in [0.29, 0.717) is 5.56 Å². The van der Waals surface area contributed by atoms with E-state index in [2.05, 4.69) is 4.72 Å². The minimum atomic E-state index is -3.99. The monoisotopic (exact) mass is 455 g/mol. The van der Waals surface area contributed by atoms with Gasteiger partial charge in [0.25, 0.3) is 10.0 Å². The second-order valence-corrected chi connectivity index (χ2v) is 9.50. The van der Waals surface area contributed by atoms with Gasteiger partial charge in [-0.1, -0.05) is 53.5 Å². The molecule has 0 amide bonds. The van der Waals surface area contributed by atoms with Gasteiger partial charge in [0.05, 0.1) is 22.1 Å². The summed E-state index contributed by atoms with van der Waals surface area (Å²) < 4.78 is 33.0. The number of anilines is 1. The van der Waals surface area contributed by atoms with Crippen LogP contribution < -0.4 is 4.72 Å². The maximum Gasteiger partial charge on any atom is 0.341 e. The van der Waals surface area contributed by atoms with Gasteiger partial charge in [-0.15, -0.1) is 11.3 Å². The highest BCUT2D eigenvalue weighted by atomic mass is 35.5. The lowest BCUT2D eigenvalue weighted by molar-refractivity contribution is 0.0603. The van der Waals surface area contributed by atoms with Gasteiger partial charge in [0.15, 0.2) is 0 Å². The van der Waals surface area contributed by atoms with E-state index in [4.69, 9.17) is 27.9 Å². The quantitative estimate of drug-likeness (QED) is 0.506. The number of hydrogen-bond acceptors (Lipinski definition) is 5. The van der Waals surface area contributed by atoms with Crippen molar-refractivity contribution < 1.29 is 17.9 Å². The Labute approximate surface area is 176 Å². The summed E-state index contributed by atoms with van der Waals surface area (Å²) >= 11 is 13.0. The number of thiophene rings is 1. The Morgan fingerprint density at radius 2 is 1.75 bits per heavy atom. The number of ether oxygens (including phenoxy) is 1. The minimum Gasteiger partial charge on any atom is -0.465 e. The van der Waals surface area contributed by atoms with Crippen molar-refractivity contribution in [3.63, 3.8) is 0 Å². The zero-order chi connectivity index (χ0) is 20.5. The molecule has 0 spiro atoms. The fourth-order valence-corrected chi connectivity index (χ4v) is 5.45. The van der Waals surface area contributed by atoms with Crippen molar-refractivity contribution >= 4 is 55.5 Å². The first-order valence-corrected chi connectivity index (χ1v) is 11.0. The number of rotatable bonds is 5. The molecular formula is C19H15Cl2NO4S2. The lowest BCUT2D eigenvalue weighted by Crippen LogP contribution is -2.15. The highest BCUT2D eigenvalue weighted by molar-refractivity contribution is 7.93. The first-order chi connectivity index (χ1) is 13.2. The van der Waals surface area contributed by atoms with Crippen LogP contribution in [0.2, 0.25) is 10.0 Å². The van der Waals surface area contributed by atoms with Crippen molar-refractivity contribution in [3.8, 4) is 11.1 Å². The summed E-state index contributed by atoms with van der Waals surface area (Å²) in [5.74, 6) is -0.630. The molecule has 1 heterocycles. The Morgan fingerprint density at radius 1 is 1.07 bits per heavy atom. The van der Waals surface area contributed by atoms with E-state index in [1.165, 1.54) is 25.3 Å². The molecule has 5 nitrogen and oxygen atoms in total. The SMILES string of the molecule is COC(=O)c1c(NS(=O)(=O)c2ccc(Cl)c(Cl)c2)sc(C)c1-c1ccccc1. The summed E-state index contributed by atoms with van der Waals surface area (Å²) in [6.07, 6.45) is 0. The predicted octanol–water partition coefficient (Wildman–Crippen LogP) is 5.62. The van der Waals surface area contributed by atoms with Crippen molar-refractivity contribution in [1.82, 2.24) is 0 Å². The summed E-state index contributed by atoms with van der Waals surface area (Å²) in [7, 11) is -2.74. The molecule has 0 aliphatic rings. The van der Waals surface area contributed by atoms with Crippen molar-refractivity contribution in [2.75, 3.05) is 11.8 Å². The number of carbonyl (C=O) groups excluding carboxylic acids is 1. The Balaban J connectivity index is 2.12. The second kappa shape index (κ2) is 8.13. The predicted molar refractivity (Wildman–Crippen MR) is 113 cm³/mol. The molecule has 0 radical (unpaired) electrons. The molecule has 0 bridgehead atoms. The van der Waals surface area contributed by atoms with E-state index in [9.17, 15) is 13.2 Å². The topological polar surface area (TPSA) is 72.5 Å². The van der Waals surface area contributed by atoms with Crippen LogP contribution in [0.5, 0.6) is 0 Å². The van der Waals surface area contributed by atoms with Gasteiger partial charge in [0.1, 0.15) is 10.6 Å². The molecule has 1 aromatic heterocycles. The average molecular weight is 456 g/mol. The minimum absolute atomic E-state index is 0.0648. The van der Waals surface area contributed by atoms with Crippen LogP contribution >= 0.6 is 34.5 Å². The van der Waals surface area contributed by atoms with E-state index >= 15 is 0 Å². The molecular weight excluding hydrogens is 441 g/mol. The largest absolute Gasteiger partial charge is 0.465 e. The zero-order valence-corrected chi connectivity index (χ0v) is 18.0. The highest BCUT2D eigenvalue weighted by Crippen LogP contribution is 2.41. The molecule has 0 fully saturated rings. The van der Waals surface area contributed by atoms with Gasteiger partial charge >= 0.3 is 5.97 Å². The molecule has 28 heavy (non-hydrogen) atoms. The van der Waals surface area contributed by atoms with E-state index < -0.39 is 16.0 Å². The van der Waals surface area contributed by atoms with Crippen LogP contribution in [0.15, 0.2) is 53.4 Å². The smallest absolute Gasteiger partial charge is 0.341 e.